The maximum atomic E-state index is 10.9. The second-order valence-corrected chi connectivity index (χ2v) is 14.7. The van der Waals surface area contributed by atoms with E-state index >= 15 is 0 Å². The number of ether oxygens (including phenoxy) is 3. The summed E-state index contributed by atoms with van der Waals surface area (Å²) in [6.45, 7) is 20.0. The third-order valence-corrected chi connectivity index (χ3v) is 10.9. The summed E-state index contributed by atoms with van der Waals surface area (Å²) in [6, 6.07) is 0. The minimum absolute atomic E-state index is 0.0529. The fraction of sp³-hybridized carbons (Fsp3) is 0.909. The van der Waals surface area contributed by atoms with E-state index in [9.17, 15) is 5.11 Å². The highest BCUT2D eigenvalue weighted by atomic mass is 28.4. The number of aliphatic hydroxyl groups is 1. The first-order valence-electron chi connectivity index (χ1n) is 10.6. The zero-order chi connectivity index (χ0) is 21.5. The van der Waals surface area contributed by atoms with Crippen LogP contribution in [0.5, 0.6) is 0 Å². The van der Waals surface area contributed by atoms with Gasteiger partial charge in [-0.25, -0.2) is 0 Å². The Morgan fingerprint density at radius 1 is 1.32 bits per heavy atom. The molecule has 0 aromatic carbocycles. The average Bonchev–Trinajstić information content (AvgIpc) is 2.92. The smallest absolute Gasteiger partial charge is 0.191 e. The van der Waals surface area contributed by atoms with E-state index in [0.29, 0.717) is 18.9 Å². The molecule has 0 unspecified atom stereocenters. The average molecular weight is 417 g/mol. The number of hydrogen-bond acceptors (Lipinski definition) is 5. The predicted molar refractivity (Wildman–Crippen MR) is 117 cm³/mol. The number of hydrogen-bond donors (Lipinski definition) is 1. The molecule has 0 amide bonds. The van der Waals surface area contributed by atoms with Crippen molar-refractivity contribution in [3.05, 3.63) is 12.7 Å². The zero-order valence-electron chi connectivity index (χ0n) is 19.4. The highest BCUT2D eigenvalue weighted by Gasteiger charge is 2.39. The van der Waals surface area contributed by atoms with Crippen LogP contribution in [-0.4, -0.2) is 58.3 Å². The largest absolute Gasteiger partial charge is 0.416 e. The zero-order valence-corrected chi connectivity index (χ0v) is 20.4. The van der Waals surface area contributed by atoms with Crippen molar-refractivity contribution in [1.82, 2.24) is 0 Å². The molecule has 166 valence electrons. The third-order valence-electron chi connectivity index (χ3n) is 6.37. The van der Waals surface area contributed by atoms with Gasteiger partial charge in [0, 0.05) is 26.1 Å². The molecular formula is C22H44O5Si. The fourth-order valence-corrected chi connectivity index (χ4v) is 4.58. The summed E-state index contributed by atoms with van der Waals surface area (Å²) >= 11 is 0. The summed E-state index contributed by atoms with van der Waals surface area (Å²) in [5.41, 5.74) is 0. The van der Waals surface area contributed by atoms with Crippen molar-refractivity contribution in [3.8, 4) is 0 Å². The molecule has 5 nitrogen and oxygen atoms in total. The molecule has 1 N–H and O–H groups in total. The Morgan fingerprint density at radius 2 is 1.96 bits per heavy atom. The molecule has 0 spiro atoms. The molecule has 6 atom stereocenters. The second kappa shape index (κ2) is 11.2. The van der Waals surface area contributed by atoms with Crippen molar-refractivity contribution in [2.45, 2.75) is 96.4 Å². The van der Waals surface area contributed by atoms with Gasteiger partial charge >= 0.3 is 0 Å². The van der Waals surface area contributed by atoms with Gasteiger partial charge in [0.15, 0.2) is 8.32 Å². The molecule has 1 rings (SSSR count). The number of rotatable bonds is 12. The van der Waals surface area contributed by atoms with Crippen LogP contribution < -0.4 is 0 Å². The van der Waals surface area contributed by atoms with Crippen LogP contribution in [0.25, 0.3) is 0 Å². The molecule has 6 heteroatoms. The standard InChI is InChI=1S/C22H44O5Si/c1-10-11-20-16(2)12-18(27-20)13-19(23)21(25-15-24-7)17(3)14-26-28(8,9)22(4,5)6/h10,16-21,23H,1,11-15H2,2-9H3/t16-,17+,18+,19-,20-,21-/m0/s1. The maximum absolute atomic E-state index is 10.9. The van der Waals surface area contributed by atoms with Gasteiger partial charge < -0.3 is 23.7 Å². The van der Waals surface area contributed by atoms with Crippen molar-refractivity contribution in [2.75, 3.05) is 20.5 Å². The Bertz CT molecular complexity index is 462. The van der Waals surface area contributed by atoms with Gasteiger partial charge in [-0.2, -0.15) is 0 Å². The molecule has 0 bridgehead atoms. The van der Waals surface area contributed by atoms with Crippen LogP contribution in [0.3, 0.4) is 0 Å². The first-order valence-corrected chi connectivity index (χ1v) is 13.5. The topological polar surface area (TPSA) is 57.2 Å². The van der Waals surface area contributed by atoms with Crippen molar-refractivity contribution in [1.29, 1.82) is 0 Å². The van der Waals surface area contributed by atoms with Crippen LogP contribution >= 0.6 is 0 Å². The molecule has 0 aromatic rings. The molecule has 0 aromatic heterocycles. The van der Waals surface area contributed by atoms with E-state index in [2.05, 4.69) is 54.3 Å². The number of aliphatic hydroxyl groups excluding tert-OH is 1. The second-order valence-electron chi connectivity index (χ2n) is 9.92. The lowest BCUT2D eigenvalue weighted by Gasteiger charge is -2.38. The molecule has 1 fully saturated rings. The van der Waals surface area contributed by atoms with E-state index in [1.165, 1.54) is 0 Å². The third kappa shape index (κ3) is 7.54. The van der Waals surface area contributed by atoms with Crippen molar-refractivity contribution < 1.29 is 23.7 Å². The molecule has 28 heavy (non-hydrogen) atoms. The van der Waals surface area contributed by atoms with Gasteiger partial charge in [0.1, 0.15) is 6.79 Å². The lowest BCUT2D eigenvalue weighted by atomic mass is 9.93. The lowest BCUT2D eigenvalue weighted by molar-refractivity contribution is -0.143. The summed E-state index contributed by atoms with van der Waals surface area (Å²) in [5, 5.41) is 11.1. The maximum Gasteiger partial charge on any atom is 0.191 e. The van der Waals surface area contributed by atoms with E-state index in [1.807, 2.05) is 6.08 Å². The Morgan fingerprint density at radius 3 is 2.50 bits per heavy atom. The van der Waals surface area contributed by atoms with E-state index in [-0.39, 0.29) is 36.1 Å². The molecule has 1 heterocycles. The highest BCUT2D eigenvalue weighted by molar-refractivity contribution is 6.74. The Hall–Kier alpha value is -0.243. The van der Waals surface area contributed by atoms with Gasteiger partial charge in [-0.05, 0) is 36.9 Å². The van der Waals surface area contributed by atoms with Crippen molar-refractivity contribution in [2.24, 2.45) is 11.8 Å². The normalized spacial score (nSPS) is 26.8. The molecule has 1 aliphatic rings. The minimum atomic E-state index is -1.85. The first-order chi connectivity index (χ1) is 12.9. The van der Waals surface area contributed by atoms with Gasteiger partial charge in [0.25, 0.3) is 0 Å². The van der Waals surface area contributed by atoms with Gasteiger partial charge in [0.05, 0.1) is 24.4 Å². The van der Waals surface area contributed by atoms with E-state index in [1.54, 1.807) is 7.11 Å². The van der Waals surface area contributed by atoms with Crippen molar-refractivity contribution >= 4 is 8.32 Å². The SMILES string of the molecule is C=CC[C@@H]1O[C@@H](C[C@H](O)[C@@H](OCOC)[C@H](C)CO[Si](C)(C)C(C)(C)C)C[C@@H]1C. The van der Waals surface area contributed by atoms with Gasteiger partial charge in [0.2, 0.25) is 0 Å². The van der Waals surface area contributed by atoms with E-state index < -0.39 is 14.4 Å². The molecular weight excluding hydrogens is 372 g/mol. The van der Waals surface area contributed by atoms with Gasteiger partial charge in [-0.3, -0.25) is 0 Å². The Balaban J connectivity index is 2.68. The number of methoxy groups -OCH3 is 1. The van der Waals surface area contributed by atoms with E-state index in [0.717, 1.165) is 12.8 Å². The summed E-state index contributed by atoms with van der Waals surface area (Å²) in [5.74, 6) is 0.537. The van der Waals surface area contributed by atoms with Crippen LogP contribution in [0, 0.1) is 11.8 Å². The van der Waals surface area contributed by atoms with Crippen LogP contribution in [-0.2, 0) is 18.6 Å². The first kappa shape index (κ1) is 25.8. The summed E-state index contributed by atoms with van der Waals surface area (Å²) in [4.78, 5) is 0. The highest BCUT2D eigenvalue weighted by Crippen LogP contribution is 2.37. The quantitative estimate of drug-likeness (QED) is 0.282. The van der Waals surface area contributed by atoms with E-state index in [4.69, 9.17) is 18.6 Å². The monoisotopic (exact) mass is 416 g/mol. The van der Waals surface area contributed by atoms with Gasteiger partial charge in [-0.15, -0.1) is 6.58 Å². The Labute approximate surface area is 173 Å². The predicted octanol–water partition coefficient (Wildman–Crippen LogP) is 4.75. The molecule has 1 aliphatic heterocycles. The van der Waals surface area contributed by atoms with Crippen LogP contribution in [0.15, 0.2) is 12.7 Å². The van der Waals surface area contributed by atoms with Crippen LogP contribution in [0.4, 0.5) is 0 Å². The summed E-state index contributed by atoms with van der Waals surface area (Å²) in [7, 11) is -0.246. The summed E-state index contributed by atoms with van der Waals surface area (Å²) < 4.78 is 23.5. The molecule has 1 saturated heterocycles. The van der Waals surface area contributed by atoms with Crippen LogP contribution in [0.2, 0.25) is 18.1 Å². The van der Waals surface area contributed by atoms with Crippen LogP contribution in [0.1, 0.15) is 53.9 Å². The fourth-order valence-electron chi connectivity index (χ4n) is 3.46. The molecule has 0 radical (unpaired) electrons. The molecule has 0 aliphatic carbocycles. The Kier molecular flexibility index (Phi) is 10.3. The van der Waals surface area contributed by atoms with Crippen molar-refractivity contribution in [3.63, 3.8) is 0 Å². The lowest BCUT2D eigenvalue weighted by Crippen LogP contribution is -2.45. The summed E-state index contributed by atoms with van der Waals surface area (Å²) in [6.07, 6.45) is 3.58. The minimum Gasteiger partial charge on any atom is -0.416 e. The van der Waals surface area contributed by atoms with Gasteiger partial charge in [-0.1, -0.05) is 40.7 Å². The molecule has 0 saturated carbocycles.